The third-order valence-electron chi connectivity index (χ3n) is 3.62. The number of nitrogens with one attached hydrogen (secondary N) is 2. The van der Waals surface area contributed by atoms with Crippen LogP contribution in [0.4, 0.5) is 0 Å². The fourth-order valence-corrected chi connectivity index (χ4v) is 2.35. The van der Waals surface area contributed by atoms with Gasteiger partial charge in [-0.1, -0.05) is 12.2 Å². The van der Waals surface area contributed by atoms with Gasteiger partial charge in [0.1, 0.15) is 11.5 Å². The first-order chi connectivity index (χ1) is 10.7. The van der Waals surface area contributed by atoms with Crippen LogP contribution in [0, 0.1) is 11.8 Å². The Morgan fingerprint density at radius 3 is 1.77 bits per heavy atom. The first kappa shape index (κ1) is 14.2. The highest BCUT2D eigenvalue weighted by molar-refractivity contribution is 5.98. The van der Waals surface area contributed by atoms with Crippen LogP contribution in [0.25, 0.3) is 0 Å². The molecule has 1 saturated carbocycles. The van der Waals surface area contributed by atoms with Crippen molar-refractivity contribution in [3.8, 4) is 0 Å². The lowest BCUT2D eigenvalue weighted by molar-refractivity contribution is -0.127. The second-order valence-electron chi connectivity index (χ2n) is 5.12. The summed E-state index contributed by atoms with van der Waals surface area (Å²) in [5.41, 5.74) is 0.633. The number of rotatable bonds is 6. The minimum absolute atomic E-state index is 0.209. The van der Waals surface area contributed by atoms with Crippen LogP contribution in [0.5, 0.6) is 0 Å². The Morgan fingerprint density at radius 1 is 0.955 bits per heavy atom. The van der Waals surface area contributed by atoms with Crippen molar-refractivity contribution in [1.82, 2.24) is 10.6 Å². The average Bonchev–Trinajstić information content (AvgIpc) is 2.98. The van der Waals surface area contributed by atoms with Crippen molar-refractivity contribution in [3.05, 3.63) is 60.5 Å². The summed E-state index contributed by atoms with van der Waals surface area (Å²) in [6, 6.07) is 7.05. The van der Waals surface area contributed by atoms with Gasteiger partial charge in [-0.3, -0.25) is 9.59 Å². The molecule has 22 heavy (non-hydrogen) atoms. The molecule has 3 rings (SSSR count). The van der Waals surface area contributed by atoms with Crippen LogP contribution in [0.2, 0.25) is 0 Å². The average molecular weight is 300 g/mol. The number of carbonyl (C=O) groups excluding carboxylic acids is 2. The van der Waals surface area contributed by atoms with Crippen LogP contribution in [0.3, 0.4) is 0 Å². The molecule has 0 aromatic carbocycles. The fraction of sp³-hybridized carbons (Fsp3) is 0.250. The van der Waals surface area contributed by atoms with E-state index in [0.29, 0.717) is 30.2 Å². The smallest absolute Gasteiger partial charge is 0.228 e. The van der Waals surface area contributed by atoms with E-state index in [9.17, 15) is 9.59 Å². The van der Waals surface area contributed by atoms with Crippen molar-refractivity contribution in [3.63, 3.8) is 0 Å². The second kappa shape index (κ2) is 5.93. The maximum Gasteiger partial charge on any atom is 0.228 e. The minimum atomic E-state index is -0.466. The largest absolute Gasteiger partial charge is 0.467 e. The van der Waals surface area contributed by atoms with Crippen molar-refractivity contribution < 1.29 is 18.4 Å². The van der Waals surface area contributed by atoms with E-state index < -0.39 is 11.8 Å². The topological polar surface area (TPSA) is 84.5 Å². The minimum Gasteiger partial charge on any atom is -0.467 e. The normalized spacial score (nSPS) is 19.7. The van der Waals surface area contributed by atoms with Gasteiger partial charge < -0.3 is 19.5 Å². The highest BCUT2D eigenvalue weighted by Gasteiger charge is 2.52. The van der Waals surface area contributed by atoms with Gasteiger partial charge in [-0.2, -0.15) is 0 Å². The molecule has 114 valence electrons. The predicted octanol–water partition coefficient (Wildman–Crippen LogP) is 1.61. The third kappa shape index (κ3) is 2.95. The summed E-state index contributed by atoms with van der Waals surface area (Å²) in [5.74, 6) is -0.0194. The Balaban J connectivity index is 1.47. The van der Waals surface area contributed by atoms with Gasteiger partial charge in [0.2, 0.25) is 11.8 Å². The number of carbonyl (C=O) groups is 2. The number of hydrogen-bond acceptors (Lipinski definition) is 4. The highest BCUT2D eigenvalue weighted by atomic mass is 16.3. The highest BCUT2D eigenvalue weighted by Crippen LogP contribution is 2.44. The number of amides is 2. The molecule has 2 amide bonds. The van der Waals surface area contributed by atoms with Gasteiger partial charge in [-0.25, -0.2) is 0 Å². The Morgan fingerprint density at radius 2 is 1.41 bits per heavy atom. The molecule has 2 atom stereocenters. The Bertz CT molecular complexity index is 615. The molecular weight excluding hydrogens is 284 g/mol. The van der Waals surface area contributed by atoms with Crippen molar-refractivity contribution >= 4 is 11.8 Å². The lowest BCUT2D eigenvalue weighted by Gasteiger charge is -2.03. The molecule has 0 aliphatic heterocycles. The molecule has 2 aromatic heterocycles. The Kier molecular flexibility index (Phi) is 3.82. The number of hydrogen-bond donors (Lipinski definition) is 2. The molecule has 6 heteroatoms. The van der Waals surface area contributed by atoms with E-state index in [1.54, 1.807) is 36.8 Å². The summed E-state index contributed by atoms with van der Waals surface area (Å²) in [4.78, 5) is 24.1. The molecule has 0 bridgehead atoms. The molecule has 1 aliphatic rings. The summed E-state index contributed by atoms with van der Waals surface area (Å²) >= 11 is 0. The van der Waals surface area contributed by atoms with Crippen molar-refractivity contribution in [2.45, 2.75) is 13.1 Å². The maximum absolute atomic E-state index is 12.0. The van der Waals surface area contributed by atoms with Crippen LogP contribution in [-0.4, -0.2) is 11.8 Å². The molecule has 0 radical (unpaired) electrons. The van der Waals surface area contributed by atoms with Crippen LogP contribution in [0.15, 0.2) is 57.8 Å². The molecule has 2 heterocycles. The Hall–Kier alpha value is -2.76. The van der Waals surface area contributed by atoms with E-state index in [1.165, 1.54) is 0 Å². The lowest BCUT2D eigenvalue weighted by Crippen LogP contribution is -2.29. The van der Waals surface area contributed by atoms with Gasteiger partial charge in [-0.05, 0) is 24.3 Å². The SMILES string of the molecule is C=C1[C@H](C(=O)NCc2ccco2)[C@@H]1C(=O)NCc1ccco1. The predicted molar refractivity (Wildman–Crippen MR) is 77.2 cm³/mol. The molecular formula is C16H16N2O4. The standard InChI is InChI=1S/C16H16N2O4/c1-10-13(15(19)17-8-11-4-2-6-21-11)14(10)16(20)18-9-12-5-3-7-22-12/h2-7,13-14H,1,8-9H2,(H,17,19)(H,18,20)/t13-,14+. The van der Waals surface area contributed by atoms with E-state index in [-0.39, 0.29) is 11.8 Å². The summed E-state index contributed by atoms with van der Waals surface area (Å²) in [7, 11) is 0. The quantitative estimate of drug-likeness (QED) is 0.794. The molecule has 6 nitrogen and oxygen atoms in total. The number of furan rings is 2. The molecule has 0 saturated heterocycles. The summed E-state index contributed by atoms with van der Waals surface area (Å²) < 4.78 is 10.3. The molecule has 2 aromatic rings. The second-order valence-corrected chi connectivity index (χ2v) is 5.12. The van der Waals surface area contributed by atoms with Gasteiger partial charge >= 0.3 is 0 Å². The fourth-order valence-electron chi connectivity index (χ4n) is 2.35. The third-order valence-corrected chi connectivity index (χ3v) is 3.62. The molecule has 1 fully saturated rings. The van der Waals surface area contributed by atoms with E-state index in [4.69, 9.17) is 8.83 Å². The summed E-state index contributed by atoms with van der Waals surface area (Å²) in [6.07, 6.45) is 3.09. The van der Waals surface area contributed by atoms with E-state index in [2.05, 4.69) is 17.2 Å². The Labute approximate surface area is 127 Å². The molecule has 0 spiro atoms. The van der Waals surface area contributed by atoms with Crippen LogP contribution in [0.1, 0.15) is 11.5 Å². The van der Waals surface area contributed by atoms with Gasteiger partial charge in [0, 0.05) is 0 Å². The van der Waals surface area contributed by atoms with Crippen LogP contribution in [-0.2, 0) is 22.7 Å². The zero-order chi connectivity index (χ0) is 15.5. The zero-order valence-electron chi connectivity index (χ0n) is 11.9. The van der Waals surface area contributed by atoms with E-state index in [0.717, 1.165) is 0 Å². The summed E-state index contributed by atoms with van der Waals surface area (Å²) in [5, 5.41) is 5.48. The lowest BCUT2D eigenvalue weighted by atomic mass is 10.2. The van der Waals surface area contributed by atoms with Crippen molar-refractivity contribution in [1.29, 1.82) is 0 Å². The molecule has 1 aliphatic carbocycles. The monoisotopic (exact) mass is 300 g/mol. The van der Waals surface area contributed by atoms with Gasteiger partial charge in [0.05, 0.1) is 37.5 Å². The van der Waals surface area contributed by atoms with E-state index >= 15 is 0 Å². The first-order valence-corrected chi connectivity index (χ1v) is 6.95. The van der Waals surface area contributed by atoms with Gasteiger partial charge in [0.15, 0.2) is 0 Å². The molecule has 2 N–H and O–H groups in total. The summed E-state index contributed by atoms with van der Waals surface area (Å²) in [6.45, 7) is 4.40. The van der Waals surface area contributed by atoms with Crippen molar-refractivity contribution in [2.24, 2.45) is 11.8 Å². The van der Waals surface area contributed by atoms with Crippen molar-refractivity contribution in [2.75, 3.05) is 0 Å². The van der Waals surface area contributed by atoms with Gasteiger partial charge in [0.25, 0.3) is 0 Å². The van der Waals surface area contributed by atoms with Gasteiger partial charge in [-0.15, -0.1) is 0 Å². The zero-order valence-corrected chi connectivity index (χ0v) is 11.9. The van der Waals surface area contributed by atoms with E-state index in [1.807, 2.05) is 0 Å². The van der Waals surface area contributed by atoms with Crippen LogP contribution >= 0.6 is 0 Å². The first-order valence-electron chi connectivity index (χ1n) is 6.95. The molecule has 0 unspecified atom stereocenters. The van der Waals surface area contributed by atoms with Crippen LogP contribution < -0.4 is 10.6 Å². The maximum atomic E-state index is 12.0.